The van der Waals surface area contributed by atoms with Crippen LogP contribution in [0.3, 0.4) is 0 Å². The van der Waals surface area contributed by atoms with Crippen LogP contribution in [0.1, 0.15) is 42.5 Å². The molecule has 2 heterocycles. The van der Waals surface area contributed by atoms with E-state index in [4.69, 9.17) is 4.74 Å². The second-order valence-electron chi connectivity index (χ2n) is 4.95. The Labute approximate surface area is 94.8 Å². The van der Waals surface area contributed by atoms with E-state index in [0.29, 0.717) is 12.2 Å². The number of methoxy groups -OCH3 is 1. The van der Waals surface area contributed by atoms with E-state index in [1.165, 1.54) is 7.11 Å². The molecule has 0 saturated carbocycles. The molecule has 0 amide bonds. The van der Waals surface area contributed by atoms with Gasteiger partial charge in [0.15, 0.2) is 5.69 Å². The summed E-state index contributed by atoms with van der Waals surface area (Å²) in [6, 6.07) is 0. The van der Waals surface area contributed by atoms with Crippen LogP contribution in [0.15, 0.2) is 0 Å². The van der Waals surface area contributed by atoms with E-state index in [0.717, 1.165) is 17.8 Å². The molecule has 1 aliphatic heterocycles. The molecule has 5 heteroatoms. The Morgan fingerprint density at radius 3 is 2.69 bits per heavy atom. The summed E-state index contributed by atoms with van der Waals surface area (Å²) in [5.41, 5.74) is 2.38. The molecule has 0 atom stereocenters. The Morgan fingerprint density at radius 1 is 1.44 bits per heavy atom. The topological polar surface area (TPSA) is 56.1 Å². The van der Waals surface area contributed by atoms with Gasteiger partial charge in [-0.25, -0.2) is 4.79 Å². The van der Waals surface area contributed by atoms with Gasteiger partial charge in [-0.1, -0.05) is 0 Å². The molecule has 0 unspecified atom stereocenters. The molecule has 0 radical (unpaired) electrons. The van der Waals surface area contributed by atoms with Gasteiger partial charge in [-0.2, -0.15) is 5.10 Å². The Hall–Kier alpha value is -1.36. The summed E-state index contributed by atoms with van der Waals surface area (Å²) < 4.78 is 6.66. The molecule has 88 valence electrons. The first-order valence-electron chi connectivity index (χ1n) is 5.35. The standard InChI is InChI=1S/C11H17N3O2/c1-11(2,3)14-8-6-12-5-7(8)9(13-14)10(15)16-4/h12H,5-6H2,1-4H3. The van der Waals surface area contributed by atoms with Gasteiger partial charge in [0.25, 0.3) is 0 Å². The van der Waals surface area contributed by atoms with Crippen LogP contribution < -0.4 is 5.32 Å². The lowest BCUT2D eigenvalue weighted by atomic mass is 10.1. The molecule has 0 spiro atoms. The third-order valence-electron chi connectivity index (χ3n) is 2.70. The van der Waals surface area contributed by atoms with E-state index in [2.05, 4.69) is 31.2 Å². The molecule has 0 saturated heterocycles. The summed E-state index contributed by atoms with van der Waals surface area (Å²) in [5.74, 6) is -0.358. The number of aromatic nitrogens is 2. The molecular weight excluding hydrogens is 206 g/mol. The number of hydrogen-bond donors (Lipinski definition) is 1. The quantitative estimate of drug-likeness (QED) is 0.722. The van der Waals surface area contributed by atoms with E-state index in [1.807, 2.05) is 4.68 Å². The smallest absolute Gasteiger partial charge is 0.358 e. The molecule has 1 aliphatic rings. The van der Waals surface area contributed by atoms with Crippen molar-refractivity contribution in [2.75, 3.05) is 7.11 Å². The predicted octanol–water partition coefficient (Wildman–Crippen LogP) is 1.03. The van der Waals surface area contributed by atoms with Gasteiger partial charge >= 0.3 is 5.97 Å². The summed E-state index contributed by atoms with van der Waals surface area (Å²) in [7, 11) is 1.38. The number of hydrogen-bond acceptors (Lipinski definition) is 4. The minimum atomic E-state index is -0.358. The average molecular weight is 223 g/mol. The van der Waals surface area contributed by atoms with Gasteiger partial charge < -0.3 is 10.1 Å². The van der Waals surface area contributed by atoms with Crippen LogP contribution in [0.2, 0.25) is 0 Å². The number of carbonyl (C=O) groups is 1. The van der Waals surface area contributed by atoms with Crippen molar-refractivity contribution >= 4 is 5.97 Å². The van der Waals surface area contributed by atoms with Gasteiger partial charge in [0.05, 0.1) is 18.3 Å². The average Bonchev–Trinajstić information content (AvgIpc) is 2.74. The first-order chi connectivity index (χ1) is 7.45. The lowest BCUT2D eigenvalue weighted by Gasteiger charge is -2.21. The zero-order chi connectivity index (χ0) is 11.9. The van der Waals surface area contributed by atoms with Crippen molar-refractivity contribution in [2.24, 2.45) is 0 Å². The van der Waals surface area contributed by atoms with E-state index < -0.39 is 0 Å². The van der Waals surface area contributed by atoms with Crippen molar-refractivity contribution in [1.29, 1.82) is 0 Å². The number of esters is 1. The van der Waals surface area contributed by atoms with E-state index in [-0.39, 0.29) is 11.5 Å². The highest BCUT2D eigenvalue weighted by atomic mass is 16.5. The van der Waals surface area contributed by atoms with Gasteiger partial charge in [-0.3, -0.25) is 4.68 Å². The summed E-state index contributed by atoms with van der Waals surface area (Å²) in [6.07, 6.45) is 0. The van der Waals surface area contributed by atoms with Gasteiger partial charge in [-0.15, -0.1) is 0 Å². The van der Waals surface area contributed by atoms with Crippen molar-refractivity contribution in [2.45, 2.75) is 39.4 Å². The van der Waals surface area contributed by atoms with Crippen LogP contribution in [0.4, 0.5) is 0 Å². The lowest BCUT2D eigenvalue weighted by molar-refractivity contribution is 0.0591. The van der Waals surface area contributed by atoms with Crippen LogP contribution in [-0.2, 0) is 23.4 Å². The molecule has 5 nitrogen and oxygen atoms in total. The fourth-order valence-corrected chi connectivity index (χ4v) is 1.97. The molecular formula is C11H17N3O2. The van der Waals surface area contributed by atoms with Crippen LogP contribution in [0.25, 0.3) is 0 Å². The molecule has 1 aromatic heterocycles. The maximum atomic E-state index is 11.6. The Bertz CT molecular complexity index is 429. The maximum Gasteiger partial charge on any atom is 0.358 e. The molecule has 0 aliphatic carbocycles. The number of rotatable bonds is 1. The third kappa shape index (κ3) is 1.61. The number of nitrogens with zero attached hydrogens (tertiary/aromatic N) is 2. The van der Waals surface area contributed by atoms with Gasteiger partial charge in [0.1, 0.15) is 0 Å². The van der Waals surface area contributed by atoms with Crippen LogP contribution in [0, 0.1) is 0 Å². The van der Waals surface area contributed by atoms with E-state index in [9.17, 15) is 4.79 Å². The highest BCUT2D eigenvalue weighted by molar-refractivity contribution is 5.89. The Morgan fingerprint density at radius 2 is 2.12 bits per heavy atom. The van der Waals surface area contributed by atoms with Crippen molar-refractivity contribution in [3.05, 3.63) is 17.0 Å². The van der Waals surface area contributed by atoms with Gasteiger partial charge in [-0.05, 0) is 20.8 Å². The molecule has 0 aromatic carbocycles. The normalized spacial score (nSPS) is 15.0. The second-order valence-corrected chi connectivity index (χ2v) is 4.95. The second kappa shape index (κ2) is 3.59. The molecule has 16 heavy (non-hydrogen) atoms. The van der Waals surface area contributed by atoms with Crippen molar-refractivity contribution in [3.8, 4) is 0 Å². The predicted molar refractivity (Wildman–Crippen MR) is 59.1 cm³/mol. The van der Waals surface area contributed by atoms with Crippen molar-refractivity contribution in [1.82, 2.24) is 15.1 Å². The third-order valence-corrected chi connectivity index (χ3v) is 2.70. The zero-order valence-electron chi connectivity index (χ0n) is 10.1. The number of carbonyl (C=O) groups excluding carboxylic acids is 1. The van der Waals surface area contributed by atoms with Crippen molar-refractivity contribution in [3.63, 3.8) is 0 Å². The summed E-state index contributed by atoms with van der Waals surface area (Å²) >= 11 is 0. The van der Waals surface area contributed by atoms with Crippen LogP contribution in [-0.4, -0.2) is 22.9 Å². The SMILES string of the molecule is COC(=O)c1nn(C(C)(C)C)c2c1CNC2. The first kappa shape index (κ1) is 11.1. The molecule has 0 fully saturated rings. The maximum absolute atomic E-state index is 11.6. The van der Waals surface area contributed by atoms with Crippen LogP contribution in [0.5, 0.6) is 0 Å². The number of ether oxygens (including phenoxy) is 1. The lowest BCUT2D eigenvalue weighted by Crippen LogP contribution is -2.26. The minimum absolute atomic E-state index is 0.123. The molecule has 2 rings (SSSR count). The Kier molecular flexibility index (Phi) is 2.50. The summed E-state index contributed by atoms with van der Waals surface area (Å²) in [4.78, 5) is 11.6. The fraction of sp³-hybridized carbons (Fsp3) is 0.636. The van der Waals surface area contributed by atoms with Crippen LogP contribution >= 0.6 is 0 Å². The Balaban J connectivity index is 2.54. The number of fused-ring (bicyclic) bond motifs is 1. The molecule has 0 bridgehead atoms. The van der Waals surface area contributed by atoms with Gasteiger partial charge in [0, 0.05) is 18.7 Å². The summed E-state index contributed by atoms with van der Waals surface area (Å²) in [5, 5.41) is 7.61. The highest BCUT2D eigenvalue weighted by Crippen LogP contribution is 2.25. The van der Waals surface area contributed by atoms with E-state index in [1.54, 1.807) is 0 Å². The van der Waals surface area contributed by atoms with E-state index >= 15 is 0 Å². The number of nitrogens with one attached hydrogen (secondary N) is 1. The largest absolute Gasteiger partial charge is 0.464 e. The molecule has 1 aromatic rings. The monoisotopic (exact) mass is 223 g/mol. The molecule has 1 N–H and O–H groups in total. The fourth-order valence-electron chi connectivity index (χ4n) is 1.97. The van der Waals surface area contributed by atoms with Crippen molar-refractivity contribution < 1.29 is 9.53 Å². The summed E-state index contributed by atoms with van der Waals surface area (Å²) in [6.45, 7) is 7.66. The first-order valence-corrected chi connectivity index (χ1v) is 5.35. The van der Waals surface area contributed by atoms with Gasteiger partial charge in [0.2, 0.25) is 0 Å². The zero-order valence-corrected chi connectivity index (χ0v) is 10.1. The highest BCUT2D eigenvalue weighted by Gasteiger charge is 2.30. The minimum Gasteiger partial charge on any atom is -0.464 e.